The first-order chi connectivity index (χ1) is 13.4. The van der Waals surface area contributed by atoms with Crippen LogP contribution in [0.5, 0.6) is 5.75 Å². The molecule has 0 amide bonds. The molecule has 1 aliphatic heterocycles. The number of likely N-dealkylation sites (tertiary alicyclic amines) is 1. The Kier molecular flexibility index (Phi) is 5.01. The van der Waals surface area contributed by atoms with E-state index in [2.05, 4.69) is 15.0 Å². The van der Waals surface area contributed by atoms with Gasteiger partial charge in [-0.2, -0.15) is 18.2 Å². The van der Waals surface area contributed by atoms with Gasteiger partial charge in [-0.1, -0.05) is 11.2 Å². The van der Waals surface area contributed by atoms with Gasteiger partial charge in [0.05, 0.1) is 11.6 Å². The van der Waals surface area contributed by atoms with Gasteiger partial charge in [0.15, 0.2) is 6.33 Å². The van der Waals surface area contributed by atoms with Crippen molar-refractivity contribution in [3.05, 3.63) is 42.7 Å². The second-order valence-electron chi connectivity index (χ2n) is 7.06. The second kappa shape index (κ2) is 7.46. The topological polar surface area (TPSA) is 56.3 Å². The van der Waals surface area contributed by atoms with Crippen molar-refractivity contribution >= 4 is 10.9 Å². The van der Waals surface area contributed by atoms with E-state index in [1.165, 1.54) is 17.1 Å². The number of fused-ring (bicyclic) bond motifs is 1. The lowest BCUT2D eigenvalue weighted by molar-refractivity contribution is -0.139. The summed E-state index contributed by atoms with van der Waals surface area (Å²) in [5.74, 6) is 1.22. The number of nitrogens with zero attached hydrogens (tertiary/aromatic N) is 4. The fourth-order valence-electron chi connectivity index (χ4n) is 3.71. The number of ether oxygens (including phenoxy) is 1. The molecule has 6 nitrogen and oxygen atoms in total. The summed E-state index contributed by atoms with van der Waals surface area (Å²) < 4.78 is 50.8. The van der Waals surface area contributed by atoms with Gasteiger partial charge in [-0.3, -0.25) is 4.90 Å². The number of piperidine rings is 1. The zero-order valence-corrected chi connectivity index (χ0v) is 15.4. The van der Waals surface area contributed by atoms with Crippen molar-refractivity contribution in [2.24, 2.45) is 0 Å². The number of rotatable bonds is 5. The molecular weight excluding hydrogens is 373 g/mol. The molecule has 1 saturated heterocycles. The molecule has 0 aliphatic carbocycles. The lowest BCUT2D eigenvalue weighted by atomic mass is 10.1. The van der Waals surface area contributed by atoms with Crippen molar-refractivity contribution in [1.82, 2.24) is 19.6 Å². The van der Waals surface area contributed by atoms with Crippen LogP contribution >= 0.6 is 0 Å². The normalized spacial score (nSPS) is 17.9. The Bertz CT molecular complexity index is 915. The average Bonchev–Trinajstić information content (AvgIpc) is 3.32. The Morgan fingerprint density at radius 1 is 1.25 bits per heavy atom. The van der Waals surface area contributed by atoms with Crippen LogP contribution in [-0.2, 0) is 6.54 Å². The lowest BCUT2D eigenvalue weighted by Crippen LogP contribution is -2.39. The molecule has 150 valence electrons. The third-order valence-corrected chi connectivity index (χ3v) is 5.18. The van der Waals surface area contributed by atoms with Gasteiger partial charge >= 0.3 is 6.18 Å². The number of alkyl halides is 3. The van der Waals surface area contributed by atoms with Crippen molar-refractivity contribution in [2.75, 3.05) is 13.1 Å². The summed E-state index contributed by atoms with van der Waals surface area (Å²) >= 11 is 0. The SMILES string of the molecule is CC(c1ncno1)N1CCC(Oc2cccc3c2ccn3CC(F)(F)F)CC1. The van der Waals surface area contributed by atoms with Gasteiger partial charge in [-0.15, -0.1) is 0 Å². The smallest absolute Gasteiger partial charge is 0.406 e. The quantitative estimate of drug-likeness (QED) is 0.650. The van der Waals surface area contributed by atoms with Gasteiger partial charge in [-0.05, 0) is 38.0 Å². The number of hydrogen-bond acceptors (Lipinski definition) is 5. The first-order valence-electron chi connectivity index (χ1n) is 9.22. The highest BCUT2D eigenvalue weighted by molar-refractivity contribution is 5.86. The van der Waals surface area contributed by atoms with E-state index in [-0.39, 0.29) is 12.1 Å². The first kappa shape index (κ1) is 18.8. The van der Waals surface area contributed by atoms with E-state index >= 15 is 0 Å². The van der Waals surface area contributed by atoms with Crippen LogP contribution in [0.25, 0.3) is 10.9 Å². The van der Waals surface area contributed by atoms with Crippen LogP contribution < -0.4 is 4.74 Å². The molecule has 1 unspecified atom stereocenters. The van der Waals surface area contributed by atoms with Crippen molar-refractivity contribution in [2.45, 2.75) is 44.6 Å². The Hall–Kier alpha value is -2.55. The van der Waals surface area contributed by atoms with Crippen LogP contribution in [-0.4, -0.2) is 45.0 Å². The zero-order valence-electron chi connectivity index (χ0n) is 15.4. The minimum Gasteiger partial charge on any atom is -0.490 e. The summed E-state index contributed by atoms with van der Waals surface area (Å²) in [6.07, 6.45) is 0.246. The standard InChI is InChI=1S/C19H21F3N4O2/c1-13(18-23-12-24-28-18)25-8-5-14(6-9-25)27-17-4-2-3-16-15(17)7-10-26(16)11-19(20,21)22/h2-4,7,10,12-14H,5-6,8-9,11H2,1H3. The van der Waals surface area contributed by atoms with Gasteiger partial charge in [-0.25, -0.2) is 0 Å². The van der Waals surface area contributed by atoms with Gasteiger partial charge in [0, 0.05) is 24.7 Å². The molecule has 3 aromatic rings. The lowest BCUT2D eigenvalue weighted by Gasteiger charge is -2.34. The molecule has 0 spiro atoms. The van der Waals surface area contributed by atoms with E-state index in [9.17, 15) is 13.2 Å². The summed E-state index contributed by atoms with van der Waals surface area (Å²) in [6, 6.07) is 6.96. The predicted octanol–water partition coefficient (Wildman–Crippen LogP) is 4.19. The molecule has 3 heterocycles. The monoisotopic (exact) mass is 394 g/mol. The van der Waals surface area contributed by atoms with Crippen LogP contribution in [0.4, 0.5) is 13.2 Å². The maximum absolute atomic E-state index is 12.8. The Labute approximate surface area is 159 Å². The van der Waals surface area contributed by atoms with Crippen LogP contribution in [0.1, 0.15) is 31.7 Å². The molecule has 0 bridgehead atoms. The summed E-state index contributed by atoms with van der Waals surface area (Å²) in [5.41, 5.74) is 0.525. The summed E-state index contributed by atoms with van der Waals surface area (Å²) in [4.78, 5) is 6.36. The zero-order chi connectivity index (χ0) is 19.7. The second-order valence-corrected chi connectivity index (χ2v) is 7.06. The Morgan fingerprint density at radius 3 is 2.71 bits per heavy atom. The fraction of sp³-hybridized carbons (Fsp3) is 0.474. The molecule has 0 saturated carbocycles. The molecule has 1 aliphatic rings. The molecule has 2 aromatic heterocycles. The highest BCUT2D eigenvalue weighted by atomic mass is 19.4. The summed E-state index contributed by atoms with van der Waals surface area (Å²) in [5, 5.41) is 4.35. The molecular formula is C19H21F3N4O2. The minimum atomic E-state index is -4.26. The Balaban J connectivity index is 1.42. The van der Waals surface area contributed by atoms with Crippen molar-refractivity contribution in [1.29, 1.82) is 0 Å². The first-order valence-corrected chi connectivity index (χ1v) is 9.22. The van der Waals surface area contributed by atoms with E-state index in [4.69, 9.17) is 9.26 Å². The van der Waals surface area contributed by atoms with Crippen LogP contribution in [0, 0.1) is 0 Å². The van der Waals surface area contributed by atoms with E-state index in [1.807, 2.05) is 13.0 Å². The number of hydrogen-bond donors (Lipinski definition) is 0. The van der Waals surface area contributed by atoms with Crippen molar-refractivity contribution < 1.29 is 22.4 Å². The third kappa shape index (κ3) is 3.99. The van der Waals surface area contributed by atoms with Crippen molar-refractivity contribution in [3.63, 3.8) is 0 Å². The van der Waals surface area contributed by atoms with Crippen molar-refractivity contribution in [3.8, 4) is 5.75 Å². The summed E-state index contributed by atoms with van der Waals surface area (Å²) in [7, 11) is 0. The van der Waals surface area contributed by atoms with E-state index < -0.39 is 12.7 Å². The van der Waals surface area contributed by atoms with E-state index in [0.29, 0.717) is 22.5 Å². The molecule has 28 heavy (non-hydrogen) atoms. The van der Waals surface area contributed by atoms with Crippen LogP contribution in [0.2, 0.25) is 0 Å². The average molecular weight is 394 g/mol. The molecule has 0 N–H and O–H groups in total. The third-order valence-electron chi connectivity index (χ3n) is 5.18. The maximum Gasteiger partial charge on any atom is 0.406 e. The van der Waals surface area contributed by atoms with Gasteiger partial charge in [0.1, 0.15) is 18.4 Å². The van der Waals surface area contributed by atoms with Crippen LogP contribution in [0.15, 0.2) is 41.3 Å². The van der Waals surface area contributed by atoms with Gasteiger partial charge in [0.25, 0.3) is 0 Å². The molecule has 9 heteroatoms. The van der Waals surface area contributed by atoms with Crippen LogP contribution in [0.3, 0.4) is 0 Å². The molecule has 1 fully saturated rings. The molecule has 0 radical (unpaired) electrons. The molecule has 1 atom stereocenters. The molecule has 4 rings (SSSR count). The largest absolute Gasteiger partial charge is 0.490 e. The molecule has 1 aromatic carbocycles. The Morgan fingerprint density at radius 2 is 2.04 bits per heavy atom. The maximum atomic E-state index is 12.8. The highest BCUT2D eigenvalue weighted by Crippen LogP contribution is 2.31. The number of aromatic nitrogens is 3. The van der Waals surface area contributed by atoms with Gasteiger partial charge < -0.3 is 13.8 Å². The number of benzene rings is 1. The number of halogens is 3. The van der Waals surface area contributed by atoms with E-state index in [0.717, 1.165) is 25.9 Å². The summed E-state index contributed by atoms with van der Waals surface area (Å²) in [6.45, 7) is 2.66. The van der Waals surface area contributed by atoms with Gasteiger partial charge in [0.2, 0.25) is 5.89 Å². The minimum absolute atomic E-state index is 0.0164. The fourth-order valence-corrected chi connectivity index (χ4v) is 3.71. The predicted molar refractivity (Wildman–Crippen MR) is 95.9 cm³/mol. The highest BCUT2D eigenvalue weighted by Gasteiger charge is 2.29. The van der Waals surface area contributed by atoms with E-state index in [1.54, 1.807) is 18.2 Å².